The molecule has 0 bridgehead atoms. The van der Waals surface area contributed by atoms with Crippen LogP contribution in [0.5, 0.6) is 0 Å². The molecule has 0 fully saturated rings. The smallest absolute Gasteiger partial charge is 0.471 e. The van der Waals surface area contributed by atoms with E-state index in [-0.39, 0.29) is 11.4 Å². The Bertz CT molecular complexity index is 826. The quantitative estimate of drug-likeness (QED) is 0.591. The number of nitrogens with zero attached hydrogens (tertiary/aromatic N) is 2. The van der Waals surface area contributed by atoms with E-state index in [9.17, 15) is 28.3 Å². The lowest BCUT2D eigenvalue weighted by atomic mass is 9.98. The lowest BCUT2D eigenvalue weighted by Crippen LogP contribution is -2.50. The molecule has 9 heteroatoms. The maximum absolute atomic E-state index is 12.4. The molecular formula is C15H13F3N4O2. The summed E-state index contributed by atoms with van der Waals surface area (Å²) < 4.78 is 37.2. The second-order valence-corrected chi connectivity index (χ2v) is 5.51. The molecule has 0 saturated heterocycles. The van der Waals surface area contributed by atoms with Crippen molar-refractivity contribution in [1.29, 1.82) is 5.26 Å². The monoisotopic (exact) mass is 338 g/mol. The van der Waals surface area contributed by atoms with Crippen LogP contribution >= 0.6 is 0 Å². The molecule has 1 amide bonds. The van der Waals surface area contributed by atoms with Gasteiger partial charge < -0.3 is 15.4 Å². The number of allylic oxidation sites excluding steroid dienone is 1. The summed E-state index contributed by atoms with van der Waals surface area (Å²) >= 11 is 0. The summed E-state index contributed by atoms with van der Waals surface area (Å²) in [6.07, 6.45) is -5.11. The number of para-hydroxylation sites is 2. The number of hydrogen-bond acceptors (Lipinski definition) is 4. The van der Waals surface area contributed by atoms with Gasteiger partial charge in [-0.3, -0.25) is 4.79 Å². The van der Waals surface area contributed by atoms with Crippen LogP contribution in [0, 0.1) is 11.3 Å². The summed E-state index contributed by atoms with van der Waals surface area (Å²) in [6, 6.07) is 8.50. The summed E-state index contributed by atoms with van der Waals surface area (Å²) in [4.78, 5) is 18.0. The minimum Gasteiger partial charge on any atom is -0.508 e. The van der Waals surface area contributed by atoms with E-state index in [1.165, 1.54) is 0 Å². The van der Waals surface area contributed by atoms with E-state index in [1.54, 1.807) is 35.7 Å². The highest BCUT2D eigenvalue weighted by atomic mass is 19.4. The molecule has 6 nitrogen and oxygen atoms in total. The molecule has 0 atom stereocenters. The number of aliphatic hydroxyl groups excluding tert-OH is 1. The predicted molar refractivity (Wildman–Crippen MR) is 79.5 cm³/mol. The van der Waals surface area contributed by atoms with Gasteiger partial charge in [0.15, 0.2) is 5.82 Å². The Balaban J connectivity index is 2.45. The highest BCUT2D eigenvalue weighted by Crippen LogP contribution is 2.26. The number of alkyl halides is 3. The average molecular weight is 338 g/mol. The van der Waals surface area contributed by atoms with E-state index in [2.05, 4.69) is 9.97 Å². The fourth-order valence-corrected chi connectivity index (χ4v) is 2.02. The molecule has 126 valence electrons. The summed E-state index contributed by atoms with van der Waals surface area (Å²) in [5.74, 6) is -2.96. The molecule has 0 aliphatic heterocycles. The first kappa shape index (κ1) is 17.3. The molecule has 1 aromatic carbocycles. The van der Waals surface area contributed by atoms with Gasteiger partial charge in [0, 0.05) is 0 Å². The van der Waals surface area contributed by atoms with Crippen molar-refractivity contribution in [3.05, 3.63) is 35.8 Å². The van der Waals surface area contributed by atoms with E-state index in [1.807, 2.05) is 0 Å². The summed E-state index contributed by atoms with van der Waals surface area (Å²) in [5, 5.41) is 21.2. The highest BCUT2D eigenvalue weighted by molar-refractivity contribution is 5.85. The number of H-pyrrole nitrogens is 1. The minimum atomic E-state index is -5.11. The third-order valence-corrected chi connectivity index (χ3v) is 3.25. The maximum atomic E-state index is 12.4. The molecule has 3 N–H and O–H groups in total. The number of halogens is 3. The number of aromatic amines is 1. The number of hydrogen-bond donors (Lipinski definition) is 3. The lowest BCUT2D eigenvalue weighted by Gasteiger charge is -2.26. The number of fused-ring (bicyclic) bond motifs is 1. The van der Waals surface area contributed by atoms with Crippen LogP contribution in [0.2, 0.25) is 0 Å². The number of imidazole rings is 1. The zero-order valence-corrected chi connectivity index (χ0v) is 12.7. The van der Waals surface area contributed by atoms with E-state index >= 15 is 0 Å². The van der Waals surface area contributed by atoms with Gasteiger partial charge in [-0.05, 0) is 26.0 Å². The molecule has 2 rings (SSSR count). The SMILES string of the molecule is CC(C)(NC(=O)C(F)(F)F)/C(O)=C(\C#N)c1nc2ccccc2[nH]1. The molecule has 0 spiro atoms. The number of benzene rings is 1. The van der Waals surface area contributed by atoms with E-state index in [0.29, 0.717) is 11.0 Å². The molecule has 1 heterocycles. The van der Waals surface area contributed by atoms with E-state index in [0.717, 1.165) is 13.8 Å². The van der Waals surface area contributed by atoms with Gasteiger partial charge in [0.2, 0.25) is 0 Å². The number of aromatic nitrogens is 2. The van der Waals surface area contributed by atoms with Crippen LogP contribution in [-0.4, -0.2) is 32.7 Å². The summed E-state index contributed by atoms with van der Waals surface area (Å²) in [5.41, 5.74) is -1.08. The zero-order valence-electron chi connectivity index (χ0n) is 12.7. The van der Waals surface area contributed by atoms with E-state index in [4.69, 9.17) is 0 Å². The van der Waals surface area contributed by atoms with Gasteiger partial charge in [0.25, 0.3) is 0 Å². The van der Waals surface area contributed by atoms with Gasteiger partial charge in [-0.2, -0.15) is 18.4 Å². The first-order chi connectivity index (χ1) is 11.1. The van der Waals surface area contributed by atoms with Crippen molar-refractivity contribution in [2.24, 2.45) is 0 Å². The second kappa shape index (κ2) is 5.88. The fraction of sp³-hybridized carbons (Fsp3) is 0.267. The molecular weight excluding hydrogens is 325 g/mol. The molecule has 0 aliphatic rings. The number of aliphatic hydroxyl groups is 1. The number of rotatable bonds is 3. The minimum absolute atomic E-state index is 0.00877. The topological polar surface area (TPSA) is 102 Å². The second-order valence-electron chi connectivity index (χ2n) is 5.51. The van der Waals surface area contributed by atoms with Gasteiger partial charge in [0.05, 0.1) is 16.6 Å². The van der Waals surface area contributed by atoms with Crippen molar-refractivity contribution in [2.45, 2.75) is 25.6 Å². The first-order valence-corrected chi connectivity index (χ1v) is 6.74. The zero-order chi connectivity index (χ0) is 18.1. The van der Waals surface area contributed by atoms with Crippen LogP contribution in [0.1, 0.15) is 19.7 Å². The van der Waals surface area contributed by atoms with Crippen molar-refractivity contribution in [3.8, 4) is 6.07 Å². The summed E-state index contributed by atoms with van der Waals surface area (Å²) in [6.45, 7) is 2.29. The molecule has 2 aromatic rings. The highest BCUT2D eigenvalue weighted by Gasteiger charge is 2.43. The van der Waals surface area contributed by atoms with Crippen LogP contribution in [0.3, 0.4) is 0 Å². The Hall–Kier alpha value is -3.02. The third kappa shape index (κ3) is 3.32. The van der Waals surface area contributed by atoms with Crippen LogP contribution in [-0.2, 0) is 4.79 Å². The Kier molecular flexibility index (Phi) is 4.25. The fourth-order valence-electron chi connectivity index (χ4n) is 2.02. The van der Waals surface area contributed by atoms with Crippen molar-refractivity contribution < 1.29 is 23.1 Å². The van der Waals surface area contributed by atoms with Crippen molar-refractivity contribution in [2.75, 3.05) is 0 Å². The van der Waals surface area contributed by atoms with Gasteiger partial charge >= 0.3 is 12.1 Å². The van der Waals surface area contributed by atoms with Gasteiger partial charge in [0.1, 0.15) is 17.4 Å². The Morgan fingerprint density at radius 2 is 1.96 bits per heavy atom. The molecule has 0 saturated carbocycles. The molecule has 0 unspecified atom stereocenters. The van der Waals surface area contributed by atoms with Crippen molar-refractivity contribution in [3.63, 3.8) is 0 Å². The number of nitriles is 1. The number of carbonyl (C=O) groups is 1. The number of nitrogens with one attached hydrogen (secondary N) is 2. The standard InChI is InChI=1S/C15H13F3N4O2/c1-14(2,22-13(24)15(16,17)18)11(23)8(7-19)12-20-9-5-3-4-6-10(9)21-12/h3-6,23H,1-2H3,(H,20,21)(H,22,24)/b11-8-. The molecule has 0 radical (unpaired) electrons. The molecule has 1 aromatic heterocycles. The first-order valence-electron chi connectivity index (χ1n) is 6.74. The Labute approximate surface area is 134 Å². The maximum Gasteiger partial charge on any atom is 0.471 e. The summed E-state index contributed by atoms with van der Waals surface area (Å²) in [7, 11) is 0. The van der Waals surface area contributed by atoms with Crippen LogP contribution in [0.25, 0.3) is 16.6 Å². The lowest BCUT2D eigenvalue weighted by molar-refractivity contribution is -0.175. The largest absolute Gasteiger partial charge is 0.508 e. The van der Waals surface area contributed by atoms with Crippen molar-refractivity contribution in [1.82, 2.24) is 15.3 Å². The van der Waals surface area contributed by atoms with Gasteiger partial charge in [-0.25, -0.2) is 4.98 Å². The average Bonchev–Trinajstić information content (AvgIpc) is 2.89. The van der Waals surface area contributed by atoms with Gasteiger partial charge in [-0.15, -0.1) is 0 Å². The normalized spacial score (nSPS) is 13.3. The van der Waals surface area contributed by atoms with Crippen LogP contribution < -0.4 is 5.32 Å². The molecule has 24 heavy (non-hydrogen) atoms. The Morgan fingerprint density at radius 3 is 2.50 bits per heavy atom. The Morgan fingerprint density at radius 1 is 1.33 bits per heavy atom. The molecule has 0 aliphatic carbocycles. The predicted octanol–water partition coefficient (Wildman–Crippen LogP) is 2.81. The van der Waals surface area contributed by atoms with Gasteiger partial charge in [-0.1, -0.05) is 12.1 Å². The number of carbonyl (C=O) groups excluding carboxylic acids is 1. The van der Waals surface area contributed by atoms with E-state index < -0.39 is 23.4 Å². The van der Waals surface area contributed by atoms with Crippen LogP contribution in [0.15, 0.2) is 30.0 Å². The van der Waals surface area contributed by atoms with Crippen LogP contribution in [0.4, 0.5) is 13.2 Å². The van der Waals surface area contributed by atoms with Crippen molar-refractivity contribution >= 4 is 22.5 Å². The number of amides is 1. The third-order valence-electron chi connectivity index (χ3n) is 3.25.